The highest BCUT2D eigenvalue weighted by molar-refractivity contribution is 5.76. The average molecular weight is 256 g/mol. The standard InChI is InChI=1S/C13H24N2O3/c16-12(7-11-15-9-4-5-10-15)14-8-3-1-2-6-13(17)18/h1-11H2,(H,14,16)(H,17,18). The Morgan fingerprint density at radius 2 is 1.78 bits per heavy atom. The van der Waals surface area contributed by atoms with Gasteiger partial charge in [-0.25, -0.2) is 0 Å². The second-order valence-corrected chi connectivity index (χ2v) is 4.85. The molecule has 1 aliphatic heterocycles. The van der Waals surface area contributed by atoms with Crippen LogP contribution in [-0.4, -0.2) is 48.1 Å². The van der Waals surface area contributed by atoms with E-state index in [4.69, 9.17) is 5.11 Å². The van der Waals surface area contributed by atoms with Crippen LogP contribution in [0.15, 0.2) is 0 Å². The fraction of sp³-hybridized carbons (Fsp3) is 0.846. The molecule has 1 saturated heterocycles. The highest BCUT2D eigenvalue weighted by Gasteiger charge is 2.12. The molecule has 5 heteroatoms. The molecule has 1 heterocycles. The van der Waals surface area contributed by atoms with Crippen molar-refractivity contribution in [2.75, 3.05) is 26.2 Å². The Morgan fingerprint density at radius 1 is 1.06 bits per heavy atom. The Hall–Kier alpha value is -1.10. The van der Waals surface area contributed by atoms with Gasteiger partial charge in [0, 0.05) is 25.9 Å². The van der Waals surface area contributed by atoms with E-state index in [9.17, 15) is 9.59 Å². The van der Waals surface area contributed by atoms with Crippen molar-refractivity contribution in [2.24, 2.45) is 0 Å². The van der Waals surface area contributed by atoms with Crippen molar-refractivity contribution < 1.29 is 14.7 Å². The number of nitrogens with zero attached hydrogens (tertiary/aromatic N) is 1. The molecule has 0 saturated carbocycles. The van der Waals surface area contributed by atoms with Crippen LogP contribution in [0.2, 0.25) is 0 Å². The number of hydrogen-bond acceptors (Lipinski definition) is 3. The monoisotopic (exact) mass is 256 g/mol. The minimum atomic E-state index is -0.746. The average Bonchev–Trinajstić information content (AvgIpc) is 2.83. The van der Waals surface area contributed by atoms with E-state index < -0.39 is 5.97 Å². The molecule has 0 bridgehead atoms. The lowest BCUT2D eigenvalue weighted by atomic mass is 10.2. The van der Waals surface area contributed by atoms with Crippen LogP contribution in [0.25, 0.3) is 0 Å². The van der Waals surface area contributed by atoms with Gasteiger partial charge in [-0.15, -0.1) is 0 Å². The smallest absolute Gasteiger partial charge is 0.303 e. The minimum absolute atomic E-state index is 0.111. The predicted molar refractivity (Wildman–Crippen MR) is 69.4 cm³/mol. The predicted octanol–water partition coefficient (Wildman–Crippen LogP) is 1.23. The summed E-state index contributed by atoms with van der Waals surface area (Å²) in [6.07, 6.45) is 5.73. The number of carbonyl (C=O) groups excluding carboxylic acids is 1. The molecule has 0 atom stereocenters. The Morgan fingerprint density at radius 3 is 2.44 bits per heavy atom. The minimum Gasteiger partial charge on any atom is -0.481 e. The lowest BCUT2D eigenvalue weighted by Crippen LogP contribution is -2.29. The fourth-order valence-corrected chi connectivity index (χ4v) is 2.16. The number of nitrogens with one attached hydrogen (secondary N) is 1. The summed E-state index contributed by atoms with van der Waals surface area (Å²) in [5, 5.41) is 11.3. The maximum Gasteiger partial charge on any atom is 0.303 e. The zero-order chi connectivity index (χ0) is 13.2. The van der Waals surface area contributed by atoms with Crippen LogP contribution >= 0.6 is 0 Å². The van der Waals surface area contributed by atoms with Crippen molar-refractivity contribution in [2.45, 2.75) is 44.9 Å². The van der Waals surface area contributed by atoms with E-state index in [1.807, 2.05) is 0 Å². The molecule has 5 nitrogen and oxygen atoms in total. The third-order valence-electron chi connectivity index (χ3n) is 3.24. The van der Waals surface area contributed by atoms with E-state index in [-0.39, 0.29) is 12.3 Å². The van der Waals surface area contributed by atoms with Gasteiger partial charge in [0.25, 0.3) is 0 Å². The van der Waals surface area contributed by atoms with Crippen LogP contribution in [-0.2, 0) is 9.59 Å². The molecule has 18 heavy (non-hydrogen) atoms. The zero-order valence-corrected chi connectivity index (χ0v) is 11.0. The molecule has 1 fully saturated rings. The molecule has 0 aromatic heterocycles. The number of hydrogen-bond donors (Lipinski definition) is 2. The molecule has 2 N–H and O–H groups in total. The molecular formula is C13H24N2O3. The number of carbonyl (C=O) groups is 2. The first-order chi connectivity index (χ1) is 8.68. The normalized spacial score (nSPS) is 15.8. The summed E-state index contributed by atoms with van der Waals surface area (Å²) in [6, 6.07) is 0. The third kappa shape index (κ3) is 7.27. The van der Waals surface area contributed by atoms with Crippen molar-refractivity contribution >= 4 is 11.9 Å². The fourth-order valence-electron chi connectivity index (χ4n) is 2.16. The van der Waals surface area contributed by atoms with Crippen molar-refractivity contribution in [3.63, 3.8) is 0 Å². The number of rotatable bonds is 9. The van der Waals surface area contributed by atoms with Crippen molar-refractivity contribution in [3.05, 3.63) is 0 Å². The van der Waals surface area contributed by atoms with E-state index in [0.717, 1.165) is 32.5 Å². The van der Waals surface area contributed by atoms with Gasteiger partial charge in [0.05, 0.1) is 0 Å². The number of unbranched alkanes of at least 4 members (excludes halogenated alkanes) is 2. The summed E-state index contributed by atoms with van der Waals surface area (Å²) in [6.45, 7) is 3.79. The van der Waals surface area contributed by atoms with Crippen LogP contribution in [0.1, 0.15) is 44.9 Å². The molecule has 1 rings (SSSR count). The second-order valence-electron chi connectivity index (χ2n) is 4.85. The molecule has 0 aromatic carbocycles. The summed E-state index contributed by atoms with van der Waals surface area (Å²) >= 11 is 0. The van der Waals surface area contributed by atoms with Gasteiger partial charge in [0.2, 0.25) is 5.91 Å². The van der Waals surface area contributed by atoms with Crippen LogP contribution in [0, 0.1) is 0 Å². The lowest BCUT2D eigenvalue weighted by Gasteiger charge is -2.13. The maximum absolute atomic E-state index is 11.5. The van der Waals surface area contributed by atoms with Crippen molar-refractivity contribution in [1.82, 2.24) is 10.2 Å². The summed E-state index contributed by atoms with van der Waals surface area (Å²) in [7, 11) is 0. The zero-order valence-electron chi connectivity index (χ0n) is 11.0. The van der Waals surface area contributed by atoms with Crippen LogP contribution in [0.3, 0.4) is 0 Å². The summed E-state index contributed by atoms with van der Waals surface area (Å²) < 4.78 is 0. The Bertz CT molecular complexity index is 263. The Kier molecular flexibility index (Phi) is 7.41. The quantitative estimate of drug-likeness (QED) is 0.609. The third-order valence-corrected chi connectivity index (χ3v) is 3.24. The Labute approximate surface area is 109 Å². The van der Waals surface area contributed by atoms with E-state index in [2.05, 4.69) is 10.2 Å². The summed E-state index contributed by atoms with van der Waals surface area (Å²) in [5.41, 5.74) is 0. The first-order valence-corrected chi connectivity index (χ1v) is 6.89. The Balaban J connectivity index is 1.88. The van der Waals surface area contributed by atoms with Crippen molar-refractivity contribution in [3.8, 4) is 0 Å². The van der Waals surface area contributed by atoms with Gasteiger partial charge < -0.3 is 15.3 Å². The number of aliphatic carboxylic acids is 1. The van der Waals surface area contributed by atoms with Crippen LogP contribution in [0.5, 0.6) is 0 Å². The topological polar surface area (TPSA) is 69.6 Å². The van der Waals surface area contributed by atoms with Crippen LogP contribution < -0.4 is 5.32 Å². The highest BCUT2D eigenvalue weighted by atomic mass is 16.4. The molecular weight excluding hydrogens is 232 g/mol. The first kappa shape index (κ1) is 15.0. The molecule has 1 amide bonds. The van der Waals surface area contributed by atoms with Gasteiger partial charge >= 0.3 is 5.97 Å². The molecule has 0 aliphatic carbocycles. The van der Waals surface area contributed by atoms with Gasteiger partial charge in [-0.2, -0.15) is 0 Å². The second kappa shape index (κ2) is 8.91. The number of carboxylic acids is 1. The van der Waals surface area contributed by atoms with Gasteiger partial charge in [-0.05, 0) is 38.8 Å². The SMILES string of the molecule is O=C(O)CCCCCNC(=O)CCN1CCCC1. The van der Waals surface area contributed by atoms with Crippen LogP contribution in [0.4, 0.5) is 0 Å². The highest BCUT2D eigenvalue weighted by Crippen LogP contribution is 2.07. The molecule has 0 radical (unpaired) electrons. The molecule has 1 aliphatic rings. The number of carboxylic acid groups (broad SMARTS) is 1. The summed E-state index contributed by atoms with van der Waals surface area (Å²) in [5.74, 6) is -0.634. The molecule has 0 aromatic rings. The van der Waals surface area contributed by atoms with Gasteiger partial charge in [0.15, 0.2) is 0 Å². The molecule has 104 valence electrons. The van der Waals surface area contributed by atoms with Gasteiger partial charge in [-0.3, -0.25) is 9.59 Å². The van der Waals surface area contributed by atoms with Gasteiger partial charge in [-0.1, -0.05) is 6.42 Å². The van der Waals surface area contributed by atoms with E-state index in [1.54, 1.807) is 0 Å². The van der Waals surface area contributed by atoms with Crippen molar-refractivity contribution in [1.29, 1.82) is 0 Å². The van der Waals surface area contributed by atoms with E-state index in [1.165, 1.54) is 12.8 Å². The molecule has 0 spiro atoms. The molecule has 0 unspecified atom stereocenters. The lowest BCUT2D eigenvalue weighted by molar-refractivity contribution is -0.137. The number of likely N-dealkylation sites (tertiary alicyclic amines) is 1. The largest absolute Gasteiger partial charge is 0.481 e. The first-order valence-electron chi connectivity index (χ1n) is 6.89. The summed E-state index contributed by atoms with van der Waals surface area (Å²) in [4.78, 5) is 24.1. The maximum atomic E-state index is 11.5. The van der Waals surface area contributed by atoms with E-state index >= 15 is 0 Å². The van der Waals surface area contributed by atoms with E-state index in [0.29, 0.717) is 19.4 Å². The number of amides is 1. The van der Waals surface area contributed by atoms with Gasteiger partial charge in [0.1, 0.15) is 0 Å².